The zero-order valence-corrected chi connectivity index (χ0v) is 28.2. The SMILES string of the molecule is Cc1ccc(-c2[c-]cc3c(c2)-c2cc4c(oc5ccccc54)c(c2C)-c2ccccc2N3)nc1.[Ir].[c-]1ccccc1-c1ccccn1. The normalized spacial score (nSPS) is 11.2. The molecular weight excluding hydrogens is 755 g/mol. The van der Waals surface area contributed by atoms with Crippen molar-refractivity contribution in [1.82, 2.24) is 9.97 Å². The third-order valence-corrected chi connectivity index (χ3v) is 8.47. The first-order valence-corrected chi connectivity index (χ1v) is 15.3. The van der Waals surface area contributed by atoms with E-state index in [4.69, 9.17) is 4.42 Å². The van der Waals surface area contributed by atoms with Crippen molar-refractivity contribution in [2.24, 2.45) is 0 Å². The number of aromatic nitrogens is 2. The Morgan fingerprint density at radius 1 is 0.638 bits per heavy atom. The fourth-order valence-electron chi connectivity index (χ4n) is 6.18. The van der Waals surface area contributed by atoms with Crippen molar-refractivity contribution in [3.63, 3.8) is 0 Å². The van der Waals surface area contributed by atoms with E-state index in [9.17, 15) is 0 Å². The molecule has 4 heterocycles. The van der Waals surface area contributed by atoms with E-state index in [0.717, 1.165) is 78.1 Å². The van der Waals surface area contributed by atoms with Crippen LogP contribution in [0.3, 0.4) is 0 Å². The van der Waals surface area contributed by atoms with Crippen LogP contribution < -0.4 is 5.32 Å². The van der Waals surface area contributed by atoms with Gasteiger partial charge in [-0.15, -0.1) is 59.7 Å². The molecule has 1 N–H and O–H groups in total. The maximum absolute atomic E-state index is 6.45. The Bertz CT molecular complexity index is 2310. The van der Waals surface area contributed by atoms with Crippen LogP contribution in [0.5, 0.6) is 0 Å². The van der Waals surface area contributed by atoms with Gasteiger partial charge in [0.25, 0.3) is 0 Å². The minimum absolute atomic E-state index is 0. The van der Waals surface area contributed by atoms with Gasteiger partial charge in [0, 0.05) is 60.1 Å². The van der Waals surface area contributed by atoms with Crippen LogP contribution in [0.25, 0.3) is 66.7 Å². The minimum Gasteiger partial charge on any atom is -0.455 e. The molecule has 47 heavy (non-hydrogen) atoms. The Hall–Kier alpha value is -5.35. The van der Waals surface area contributed by atoms with Gasteiger partial charge in [-0.2, -0.15) is 0 Å². The third-order valence-electron chi connectivity index (χ3n) is 8.47. The average molecular weight is 784 g/mol. The summed E-state index contributed by atoms with van der Waals surface area (Å²) in [4.78, 5) is 8.86. The zero-order chi connectivity index (χ0) is 31.0. The molecule has 1 aliphatic heterocycles. The van der Waals surface area contributed by atoms with Crippen LogP contribution in [0, 0.1) is 26.0 Å². The molecule has 0 unspecified atom stereocenters. The van der Waals surface area contributed by atoms with Gasteiger partial charge in [-0.25, -0.2) is 0 Å². The Morgan fingerprint density at radius 2 is 1.45 bits per heavy atom. The quantitative estimate of drug-likeness (QED) is 0.177. The van der Waals surface area contributed by atoms with Crippen LogP contribution in [0.1, 0.15) is 11.1 Å². The number of anilines is 2. The summed E-state index contributed by atoms with van der Waals surface area (Å²) in [5, 5.41) is 5.95. The summed E-state index contributed by atoms with van der Waals surface area (Å²) in [6.45, 7) is 4.25. The van der Waals surface area contributed by atoms with Gasteiger partial charge in [-0.1, -0.05) is 66.2 Å². The minimum atomic E-state index is 0. The molecule has 5 heteroatoms. The Morgan fingerprint density at radius 3 is 2.26 bits per heavy atom. The van der Waals surface area contributed by atoms with E-state index in [1.807, 2.05) is 66.9 Å². The smallest absolute Gasteiger partial charge is 0.143 e. The van der Waals surface area contributed by atoms with Crippen LogP contribution in [0.15, 0.2) is 138 Å². The van der Waals surface area contributed by atoms with Crippen LogP contribution in [-0.4, -0.2) is 9.97 Å². The molecule has 4 nitrogen and oxygen atoms in total. The second-order valence-electron chi connectivity index (χ2n) is 11.5. The first-order valence-electron chi connectivity index (χ1n) is 15.3. The summed E-state index contributed by atoms with van der Waals surface area (Å²) in [6, 6.07) is 47.7. The van der Waals surface area contributed by atoms with E-state index in [0.29, 0.717) is 0 Å². The van der Waals surface area contributed by atoms with Crippen LogP contribution >= 0.6 is 0 Å². The first kappa shape index (κ1) is 30.3. The number of pyridine rings is 2. The predicted octanol–water partition coefficient (Wildman–Crippen LogP) is 11.0. The summed E-state index contributed by atoms with van der Waals surface area (Å²) >= 11 is 0. The van der Waals surface area contributed by atoms with Crippen molar-refractivity contribution in [2.45, 2.75) is 13.8 Å². The second kappa shape index (κ2) is 12.8. The van der Waals surface area contributed by atoms with Crippen molar-refractivity contribution < 1.29 is 24.5 Å². The van der Waals surface area contributed by atoms with Gasteiger partial charge in [-0.3, -0.25) is 0 Å². The molecule has 0 spiro atoms. The van der Waals surface area contributed by atoms with E-state index in [1.54, 1.807) is 6.20 Å². The molecule has 8 aromatic rings. The molecule has 229 valence electrons. The molecule has 0 aliphatic carbocycles. The van der Waals surface area contributed by atoms with Crippen molar-refractivity contribution in [3.8, 4) is 44.8 Å². The number of nitrogens with one attached hydrogen (secondary N) is 1. The number of furan rings is 1. The van der Waals surface area contributed by atoms with Crippen LogP contribution in [0.4, 0.5) is 11.4 Å². The van der Waals surface area contributed by atoms with Gasteiger partial charge in [0.05, 0.1) is 0 Å². The van der Waals surface area contributed by atoms with E-state index in [2.05, 4.69) is 102 Å². The average Bonchev–Trinajstić information content (AvgIpc) is 3.48. The number of fused-ring (bicyclic) bond motifs is 10. The van der Waals surface area contributed by atoms with Crippen LogP contribution in [-0.2, 0) is 20.1 Å². The molecule has 0 amide bonds. The molecule has 0 atom stereocenters. The van der Waals surface area contributed by atoms with Gasteiger partial charge in [-0.05, 0) is 71.9 Å². The monoisotopic (exact) mass is 784 g/mol. The van der Waals surface area contributed by atoms with Gasteiger partial charge >= 0.3 is 0 Å². The van der Waals surface area contributed by atoms with Gasteiger partial charge in [0.1, 0.15) is 11.2 Å². The van der Waals surface area contributed by atoms with E-state index in [1.165, 1.54) is 11.1 Å². The predicted molar refractivity (Wildman–Crippen MR) is 188 cm³/mol. The number of hydrogen-bond donors (Lipinski definition) is 1. The maximum atomic E-state index is 6.45. The Labute approximate surface area is 287 Å². The summed E-state index contributed by atoms with van der Waals surface area (Å²) in [7, 11) is 0. The largest absolute Gasteiger partial charge is 0.455 e. The first-order chi connectivity index (χ1) is 22.6. The molecule has 5 aromatic carbocycles. The number of nitrogens with zero attached hydrogens (tertiary/aromatic N) is 2. The number of aryl methyl sites for hydroxylation is 1. The molecule has 0 saturated carbocycles. The summed E-state index contributed by atoms with van der Waals surface area (Å²) in [6.07, 6.45) is 3.69. The molecule has 9 rings (SSSR count). The third kappa shape index (κ3) is 5.65. The Balaban J connectivity index is 0.000000228. The number of hydrogen-bond acceptors (Lipinski definition) is 4. The molecular formula is C42H29IrN3O-2. The van der Waals surface area contributed by atoms with Crippen LogP contribution in [0.2, 0.25) is 0 Å². The molecule has 0 saturated heterocycles. The van der Waals surface area contributed by atoms with E-state index >= 15 is 0 Å². The summed E-state index contributed by atoms with van der Waals surface area (Å²) in [5.74, 6) is 0. The summed E-state index contributed by atoms with van der Waals surface area (Å²) < 4.78 is 6.45. The van der Waals surface area contributed by atoms with Crippen molar-refractivity contribution in [1.29, 1.82) is 0 Å². The fraction of sp³-hybridized carbons (Fsp3) is 0.0476. The number of rotatable bonds is 2. The Kier molecular flexibility index (Phi) is 8.26. The fourth-order valence-corrected chi connectivity index (χ4v) is 6.18. The van der Waals surface area contributed by atoms with E-state index in [-0.39, 0.29) is 20.1 Å². The van der Waals surface area contributed by atoms with Crippen molar-refractivity contribution >= 4 is 33.3 Å². The van der Waals surface area contributed by atoms with Crippen molar-refractivity contribution in [2.75, 3.05) is 5.32 Å². The van der Waals surface area contributed by atoms with Gasteiger partial charge in [0.15, 0.2) is 0 Å². The maximum Gasteiger partial charge on any atom is 0.143 e. The molecule has 3 aromatic heterocycles. The summed E-state index contributed by atoms with van der Waals surface area (Å²) in [5.41, 5.74) is 14.8. The van der Waals surface area contributed by atoms with Gasteiger partial charge in [0.2, 0.25) is 0 Å². The molecule has 1 radical (unpaired) electrons. The molecule has 2 bridgehead atoms. The number of para-hydroxylation sites is 2. The van der Waals surface area contributed by atoms with Crippen molar-refractivity contribution in [3.05, 3.63) is 157 Å². The second-order valence-corrected chi connectivity index (χ2v) is 11.5. The molecule has 0 fully saturated rings. The molecule has 1 aliphatic rings. The van der Waals surface area contributed by atoms with Gasteiger partial charge < -0.3 is 19.7 Å². The topological polar surface area (TPSA) is 51.0 Å². The standard InChI is InChI=1S/C31H21N2O.C11H8N.Ir/c1-18-11-13-26(32-17-18)20-12-14-28-24(15-20)23-16-25-21-7-4-6-10-29(21)34-31(25)30(19(23)2)22-8-3-5-9-27(22)33-28;1-2-6-10(7-3-1)11-8-4-5-9-12-11;/h3-11,13-17,33H,1-2H3;1-6,8-9H;/q2*-1;. The van der Waals surface area contributed by atoms with E-state index < -0.39 is 0 Å². The number of benzene rings is 5. The zero-order valence-electron chi connectivity index (χ0n) is 25.8.